The summed E-state index contributed by atoms with van der Waals surface area (Å²) in [4.78, 5) is 24.9. The molecule has 0 radical (unpaired) electrons. The van der Waals surface area contributed by atoms with E-state index in [1.54, 1.807) is 18.2 Å². The standard InChI is InChI=1S/C16H20N2O3S/c1-5-16(3,4)18-15(20)13-10(2)9-12(22-13)17-14(19)11-7-6-8-21-11/h6-9H,5H2,1-4H3,(H,17,19)(H,18,20). The molecule has 22 heavy (non-hydrogen) atoms. The lowest BCUT2D eigenvalue weighted by Crippen LogP contribution is -2.42. The second kappa shape index (κ2) is 6.36. The number of amides is 2. The molecular weight excluding hydrogens is 300 g/mol. The van der Waals surface area contributed by atoms with Crippen LogP contribution in [0.5, 0.6) is 0 Å². The van der Waals surface area contributed by atoms with E-state index < -0.39 is 0 Å². The Kier molecular flexibility index (Phi) is 4.71. The summed E-state index contributed by atoms with van der Waals surface area (Å²) in [6, 6.07) is 5.03. The van der Waals surface area contributed by atoms with Crippen LogP contribution in [0.3, 0.4) is 0 Å². The Morgan fingerprint density at radius 1 is 1.32 bits per heavy atom. The monoisotopic (exact) mass is 320 g/mol. The number of thiophene rings is 1. The van der Waals surface area contributed by atoms with E-state index in [1.165, 1.54) is 17.6 Å². The zero-order valence-electron chi connectivity index (χ0n) is 13.1. The number of anilines is 1. The van der Waals surface area contributed by atoms with Gasteiger partial charge in [0, 0.05) is 5.54 Å². The molecule has 0 aliphatic heterocycles. The smallest absolute Gasteiger partial charge is 0.291 e. The summed E-state index contributed by atoms with van der Waals surface area (Å²) in [5.41, 5.74) is 0.578. The van der Waals surface area contributed by atoms with Crippen LogP contribution in [0.15, 0.2) is 28.9 Å². The van der Waals surface area contributed by atoms with E-state index in [-0.39, 0.29) is 23.1 Å². The van der Waals surface area contributed by atoms with Gasteiger partial charge in [-0.1, -0.05) is 6.92 Å². The van der Waals surface area contributed by atoms with Crippen molar-refractivity contribution in [3.05, 3.63) is 40.7 Å². The van der Waals surface area contributed by atoms with E-state index in [9.17, 15) is 9.59 Å². The lowest BCUT2D eigenvalue weighted by atomic mass is 10.0. The highest BCUT2D eigenvalue weighted by Crippen LogP contribution is 2.27. The molecule has 0 saturated carbocycles. The zero-order chi connectivity index (χ0) is 16.3. The van der Waals surface area contributed by atoms with Gasteiger partial charge in [-0.2, -0.15) is 0 Å². The number of hydrogen-bond donors (Lipinski definition) is 2. The molecule has 0 aromatic carbocycles. The van der Waals surface area contributed by atoms with Crippen LogP contribution in [-0.2, 0) is 0 Å². The molecule has 2 rings (SSSR count). The largest absolute Gasteiger partial charge is 0.459 e. The van der Waals surface area contributed by atoms with Crippen molar-refractivity contribution in [1.82, 2.24) is 5.32 Å². The number of hydrogen-bond acceptors (Lipinski definition) is 4. The van der Waals surface area contributed by atoms with Crippen LogP contribution in [0.1, 0.15) is 53.0 Å². The first kappa shape index (κ1) is 16.3. The summed E-state index contributed by atoms with van der Waals surface area (Å²) in [5.74, 6) is -0.205. The van der Waals surface area contributed by atoms with Crippen LogP contribution < -0.4 is 10.6 Å². The molecule has 2 aromatic rings. The first-order chi connectivity index (χ1) is 10.3. The summed E-state index contributed by atoms with van der Waals surface area (Å²) in [6.45, 7) is 7.84. The molecule has 2 heterocycles. The van der Waals surface area contributed by atoms with Crippen LogP contribution in [0.4, 0.5) is 5.00 Å². The Morgan fingerprint density at radius 2 is 2.05 bits per heavy atom. The second-order valence-electron chi connectivity index (χ2n) is 5.75. The molecule has 0 bridgehead atoms. The van der Waals surface area contributed by atoms with Gasteiger partial charge in [0.15, 0.2) is 5.76 Å². The zero-order valence-corrected chi connectivity index (χ0v) is 14.0. The van der Waals surface area contributed by atoms with Gasteiger partial charge >= 0.3 is 0 Å². The minimum absolute atomic E-state index is 0.118. The summed E-state index contributed by atoms with van der Waals surface area (Å²) < 4.78 is 5.05. The summed E-state index contributed by atoms with van der Waals surface area (Å²) >= 11 is 1.26. The van der Waals surface area contributed by atoms with Gasteiger partial charge in [-0.3, -0.25) is 9.59 Å². The lowest BCUT2D eigenvalue weighted by molar-refractivity contribution is 0.0914. The normalized spacial score (nSPS) is 11.3. The first-order valence-electron chi connectivity index (χ1n) is 7.10. The van der Waals surface area contributed by atoms with E-state index in [2.05, 4.69) is 10.6 Å². The molecule has 0 saturated heterocycles. The maximum Gasteiger partial charge on any atom is 0.291 e. The van der Waals surface area contributed by atoms with Crippen LogP contribution in [-0.4, -0.2) is 17.4 Å². The average Bonchev–Trinajstić information content (AvgIpc) is 3.08. The lowest BCUT2D eigenvalue weighted by Gasteiger charge is -2.24. The SMILES string of the molecule is CCC(C)(C)NC(=O)c1sc(NC(=O)c2ccco2)cc1C. The number of nitrogens with one attached hydrogen (secondary N) is 2. The number of furan rings is 1. The minimum atomic E-state index is -0.327. The molecule has 0 atom stereocenters. The van der Waals surface area contributed by atoms with Crippen LogP contribution >= 0.6 is 11.3 Å². The van der Waals surface area contributed by atoms with E-state index in [0.29, 0.717) is 9.88 Å². The summed E-state index contributed by atoms with van der Waals surface area (Å²) in [7, 11) is 0. The summed E-state index contributed by atoms with van der Waals surface area (Å²) in [5, 5.41) is 6.36. The third-order valence-electron chi connectivity index (χ3n) is 3.44. The van der Waals surface area contributed by atoms with Crippen molar-refractivity contribution in [3.63, 3.8) is 0 Å². The molecular formula is C16H20N2O3S. The Balaban J connectivity index is 2.11. The molecule has 2 N–H and O–H groups in total. The van der Waals surface area contributed by atoms with E-state index in [4.69, 9.17) is 4.42 Å². The van der Waals surface area contributed by atoms with E-state index >= 15 is 0 Å². The van der Waals surface area contributed by atoms with Gasteiger partial charge in [0.1, 0.15) is 0 Å². The van der Waals surface area contributed by atoms with Crippen molar-refractivity contribution in [2.45, 2.75) is 39.7 Å². The average molecular weight is 320 g/mol. The maximum atomic E-state index is 12.3. The van der Waals surface area contributed by atoms with Gasteiger partial charge in [-0.15, -0.1) is 11.3 Å². The fourth-order valence-corrected chi connectivity index (χ4v) is 2.77. The molecule has 118 valence electrons. The number of carbonyl (C=O) groups excluding carboxylic acids is 2. The first-order valence-corrected chi connectivity index (χ1v) is 7.92. The van der Waals surface area contributed by atoms with Crippen molar-refractivity contribution in [2.75, 3.05) is 5.32 Å². The Labute approximate surface area is 133 Å². The van der Waals surface area contributed by atoms with Crippen molar-refractivity contribution in [3.8, 4) is 0 Å². The summed E-state index contributed by atoms with van der Waals surface area (Å²) in [6.07, 6.45) is 2.28. The van der Waals surface area contributed by atoms with Crippen LogP contribution in [0.2, 0.25) is 0 Å². The highest BCUT2D eigenvalue weighted by Gasteiger charge is 2.22. The molecule has 2 amide bonds. The Hall–Kier alpha value is -2.08. The highest BCUT2D eigenvalue weighted by atomic mass is 32.1. The van der Waals surface area contributed by atoms with Crippen molar-refractivity contribution in [1.29, 1.82) is 0 Å². The minimum Gasteiger partial charge on any atom is -0.459 e. The predicted octanol–water partition coefficient (Wildman–Crippen LogP) is 3.82. The van der Waals surface area contributed by atoms with Gasteiger partial charge < -0.3 is 15.1 Å². The van der Waals surface area contributed by atoms with Crippen molar-refractivity contribution in [2.24, 2.45) is 0 Å². The number of rotatable bonds is 5. The fourth-order valence-electron chi connectivity index (χ4n) is 1.80. The molecule has 2 aromatic heterocycles. The predicted molar refractivity (Wildman–Crippen MR) is 87.6 cm³/mol. The number of carbonyl (C=O) groups is 2. The third-order valence-corrected chi connectivity index (χ3v) is 4.59. The van der Waals surface area contributed by atoms with Gasteiger partial charge in [0.05, 0.1) is 16.1 Å². The molecule has 0 fully saturated rings. The van der Waals surface area contributed by atoms with Gasteiger partial charge in [0.2, 0.25) is 0 Å². The molecule has 0 aliphatic carbocycles. The second-order valence-corrected chi connectivity index (χ2v) is 6.80. The molecule has 0 spiro atoms. The van der Waals surface area contributed by atoms with Crippen molar-refractivity contribution < 1.29 is 14.0 Å². The van der Waals surface area contributed by atoms with Gasteiger partial charge in [-0.05, 0) is 51.0 Å². The maximum absolute atomic E-state index is 12.3. The topological polar surface area (TPSA) is 71.3 Å². The van der Waals surface area contributed by atoms with Crippen LogP contribution in [0, 0.1) is 6.92 Å². The van der Waals surface area contributed by atoms with Crippen LogP contribution in [0.25, 0.3) is 0 Å². The molecule has 0 aliphatic rings. The van der Waals surface area contributed by atoms with Gasteiger partial charge in [-0.25, -0.2) is 0 Å². The van der Waals surface area contributed by atoms with E-state index in [1.807, 2.05) is 27.7 Å². The van der Waals surface area contributed by atoms with Gasteiger partial charge in [0.25, 0.3) is 11.8 Å². The Morgan fingerprint density at radius 3 is 2.64 bits per heavy atom. The third kappa shape index (κ3) is 3.76. The number of aryl methyl sites for hydroxylation is 1. The molecule has 0 unspecified atom stereocenters. The Bertz CT molecular complexity index is 672. The quantitative estimate of drug-likeness (QED) is 0.879. The molecule has 5 nitrogen and oxygen atoms in total. The highest BCUT2D eigenvalue weighted by molar-refractivity contribution is 7.18. The van der Waals surface area contributed by atoms with E-state index in [0.717, 1.165) is 12.0 Å². The molecule has 6 heteroatoms. The van der Waals surface area contributed by atoms with Crippen molar-refractivity contribution >= 4 is 28.2 Å². The fraction of sp³-hybridized carbons (Fsp3) is 0.375.